The molecule has 3 rings (SSSR count). The van der Waals surface area contributed by atoms with Crippen LogP contribution in [-0.2, 0) is 11.3 Å². The molecule has 23 heavy (non-hydrogen) atoms. The van der Waals surface area contributed by atoms with Gasteiger partial charge in [-0.2, -0.15) is 0 Å². The second-order valence-electron chi connectivity index (χ2n) is 5.52. The van der Waals surface area contributed by atoms with Crippen molar-refractivity contribution in [2.45, 2.75) is 13.5 Å². The lowest BCUT2D eigenvalue weighted by Gasteiger charge is -2.10. The normalized spacial score (nSPS) is 10.5. The van der Waals surface area contributed by atoms with Gasteiger partial charge in [0.25, 0.3) is 5.91 Å². The second kappa shape index (κ2) is 6.97. The minimum absolute atomic E-state index is 0.0220. The summed E-state index contributed by atoms with van der Waals surface area (Å²) in [5.41, 5.74) is 2.21. The SMILES string of the molecule is Cc1cccc(OCC(=O)NCc2cccc3ccccc23)c1. The summed E-state index contributed by atoms with van der Waals surface area (Å²) in [5, 5.41) is 5.25. The largest absolute Gasteiger partial charge is 0.484 e. The highest BCUT2D eigenvalue weighted by molar-refractivity contribution is 5.86. The Labute approximate surface area is 135 Å². The molecule has 3 aromatic rings. The molecule has 0 unspecified atom stereocenters. The Hall–Kier alpha value is -2.81. The molecule has 0 aliphatic carbocycles. The zero-order valence-electron chi connectivity index (χ0n) is 13.1. The molecule has 0 atom stereocenters. The molecule has 1 amide bonds. The minimum atomic E-state index is -0.126. The Bertz CT molecular complexity index is 821. The maximum atomic E-state index is 12.0. The third-order valence-electron chi connectivity index (χ3n) is 3.72. The van der Waals surface area contributed by atoms with Crippen LogP contribution in [0.4, 0.5) is 0 Å². The first kappa shape index (κ1) is 15.1. The summed E-state index contributed by atoms with van der Waals surface area (Å²) < 4.78 is 5.51. The van der Waals surface area contributed by atoms with Gasteiger partial charge >= 0.3 is 0 Å². The molecule has 0 aliphatic heterocycles. The van der Waals surface area contributed by atoms with E-state index in [9.17, 15) is 4.79 Å². The number of benzene rings is 3. The van der Waals surface area contributed by atoms with Crippen LogP contribution in [0.25, 0.3) is 10.8 Å². The summed E-state index contributed by atoms with van der Waals surface area (Å²) in [7, 11) is 0. The standard InChI is InChI=1S/C20H19NO2/c1-15-6-4-10-18(12-15)23-14-20(22)21-13-17-9-5-8-16-7-2-3-11-19(16)17/h2-12H,13-14H2,1H3,(H,21,22). The van der Waals surface area contributed by atoms with Crippen molar-refractivity contribution in [3.05, 3.63) is 77.9 Å². The van der Waals surface area contributed by atoms with Gasteiger partial charge < -0.3 is 10.1 Å². The number of fused-ring (bicyclic) bond motifs is 1. The van der Waals surface area contributed by atoms with Crippen molar-refractivity contribution in [1.82, 2.24) is 5.32 Å². The third-order valence-corrected chi connectivity index (χ3v) is 3.72. The summed E-state index contributed by atoms with van der Waals surface area (Å²) in [6, 6.07) is 21.9. The molecule has 0 bridgehead atoms. The van der Waals surface area contributed by atoms with Gasteiger partial charge in [-0.3, -0.25) is 4.79 Å². The number of rotatable bonds is 5. The number of hydrogen-bond acceptors (Lipinski definition) is 2. The predicted octanol–water partition coefficient (Wildman–Crippen LogP) is 3.84. The zero-order valence-corrected chi connectivity index (χ0v) is 13.1. The summed E-state index contributed by atoms with van der Waals surface area (Å²) >= 11 is 0. The lowest BCUT2D eigenvalue weighted by Crippen LogP contribution is -2.28. The van der Waals surface area contributed by atoms with Crippen molar-refractivity contribution in [3.8, 4) is 5.75 Å². The first-order valence-corrected chi connectivity index (χ1v) is 7.65. The van der Waals surface area contributed by atoms with E-state index in [-0.39, 0.29) is 12.5 Å². The third kappa shape index (κ3) is 3.89. The first-order valence-electron chi connectivity index (χ1n) is 7.65. The molecule has 0 spiro atoms. The minimum Gasteiger partial charge on any atom is -0.484 e. The van der Waals surface area contributed by atoms with Crippen molar-refractivity contribution in [3.63, 3.8) is 0 Å². The Kier molecular flexibility index (Phi) is 4.57. The van der Waals surface area contributed by atoms with Crippen LogP contribution in [0.2, 0.25) is 0 Å². The van der Waals surface area contributed by atoms with Crippen LogP contribution in [-0.4, -0.2) is 12.5 Å². The van der Waals surface area contributed by atoms with Gasteiger partial charge in [-0.1, -0.05) is 54.6 Å². The van der Waals surface area contributed by atoms with Gasteiger partial charge in [-0.05, 0) is 41.0 Å². The Morgan fingerprint density at radius 3 is 2.65 bits per heavy atom. The number of ether oxygens (including phenoxy) is 1. The van der Waals surface area contributed by atoms with Crippen LogP contribution in [0, 0.1) is 6.92 Å². The van der Waals surface area contributed by atoms with Crippen molar-refractivity contribution >= 4 is 16.7 Å². The molecule has 3 heteroatoms. The molecule has 0 aromatic heterocycles. The average molecular weight is 305 g/mol. The lowest BCUT2D eigenvalue weighted by atomic mass is 10.0. The maximum absolute atomic E-state index is 12.0. The maximum Gasteiger partial charge on any atom is 0.258 e. The van der Waals surface area contributed by atoms with Gasteiger partial charge in [-0.15, -0.1) is 0 Å². The highest BCUT2D eigenvalue weighted by atomic mass is 16.5. The van der Waals surface area contributed by atoms with E-state index in [1.54, 1.807) is 0 Å². The van der Waals surface area contributed by atoms with E-state index in [0.717, 1.165) is 16.5 Å². The van der Waals surface area contributed by atoms with Gasteiger partial charge in [0.15, 0.2) is 6.61 Å². The lowest BCUT2D eigenvalue weighted by molar-refractivity contribution is -0.123. The molecular formula is C20H19NO2. The number of carbonyl (C=O) groups excluding carboxylic acids is 1. The van der Waals surface area contributed by atoms with Crippen LogP contribution >= 0.6 is 0 Å². The van der Waals surface area contributed by atoms with E-state index in [2.05, 4.69) is 23.5 Å². The Morgan fingerprint density at radius 1 is 1.00 bits per heavy atom. The summed E-state index contributed by atoms with van der Waals surface area (Å²) in [6.45, 7) is 2.51. The fourth-order valence-corrected chi connectivity index (χ4v) is 2.55. The van der Waals surface area contributed by atoms with E-state index in [1.165, 1.54) is 5.39 Å². The topological polar surface area (TPSA) is 38.3 Å². The van der Waals surface area contributed by atoms with E-state index in [1.807, 2.05) is 55.5 Å². The highest BCUT2D eigenvalue weighted by Crippen LogP contribution is 2.18. The molecular weight excluding hydrogens is 286 g/mol. The predicted molar refractivity (Wildman–Crippen MR) is 92.5 cm³/mol. The second-order valence-corrected chi connectivity index (χ2v) is 5.52. The molecule has 1 N–H and O–H groups in total. The van der Waals surface area contributed by atoms with Crippen molar-refractivity contribution in [2.24, 2.45) is 0 Å². The number of amides is 1. The number of carbonyl (C=O) groups is 1. The molecule has 0 saturated carbocycles. The van der Waals surface area contributed by atoms with E-state index < -0.39 is 0 Å². The highest BCUT2D eigenvalue weighted by Gasteiger charge is 2.05. The van der Waals surface area contributed by atoms with Crippen molar-refractivity contribution < 1.29 is 9.53 Å². The van der Waals surface area contributed by atoms with Crippen LogP contribution in [0.1, 0.15) is 11.1 Å². The monoisotopic (exact) mass is 305 g/mol. The molecule has 0 aliphatic rings. The fourth-order valence-electron chi connectivity index (χ4n) is 2.55. The van der Waals surface area contributed by atoms with E-state index >= 15 is 0 Å². The van der Waals surface area contributed by atoms with Gasteiger partial charge in [-0.25, -0.2) is 0 Å². The van der Waals surface area contributed by atoms with Gasteiger partial charge in [0, 0.05) is 6.54 Å². The molecule has 3 nitrogen and oxygen atoms in total. The fraction of sp³-hybridized carbons (Fsp3) is 0.150. The smallest absolute Gasteiger partial charge is 0.258 e. The molecule has 116 valence electrons. The molecule has 0 heterocycles. The number of hydrogen-bond donors (Lipinski definition) is 1. The van der Waals surface area contributed by atoms with Crippen molar-refractivity contribution in [2.75, 3.05) is 6.61 Å². The summed E-state index contributed by atoms with van der Waals surface area (Å²) in [6.07, 6.45) is 0. The zero-order chi connectivity index (χ0) is 16.1. The van der Waals surface area contributed by atoms with Crippen LogP contribution < -0.4 is 10.1 Å². The van der Waals surface area contributed by atoms with E-state index in [4.69, 9.17) is 4.74 Å². The van der Waals surface area contributed by atoms with E-state index in [0.29, 0.717) is 12.3 Å². The summed E-state index contributed by atoms with van der Waals surface area (Å²) in [5.74, 6) is 0.588. The average Bonchev–Trinajstić information content (AvgIpc) is 2.58. The number of nitrogens with one attached hydrogen (secondary N) is 1. The number of aryl methyl sites for hydroxylation is 1. The van der Waals surface area contributed by atoms with Crippen LogP contribution in [0.3, 0.4) is 0 Å². The van der Waals surface area contributed by atoms with Crippen LogP contribution in [0.5, 0.6) is 5.75 Å². The molecule has 3 aromatic carbocycles. The molecule has 0 saturated heterocycles. The summed E-state index contributed by atoms with van der Waals surface area (Å²) in [4.78, 5) is 12.0. The van der Waals surface area contributed by atoms with Gasteiger partial charge in [0.1, 0.15) is 5.75 Å². The van der Waals surface area contributed by atoms with Crippen molar-refractivity contribution in [1.29, 1.82) is 0 Å². The van der Waals surface area contributed by atoms with Gasteiger partial charge in [0.05, 0.1) is 0 Å². The Morgan fingerprint density at radius 2 is 1.78 bits per heavy atom. The quantitative estimate of drug-likeness (QED) is 0.777. The van der Waals surface area contributed by atoms with Gasteiger partial charge in [0.2, 0.25) is 0 Å². The Balaban J connectivity index is 1.58. The molecule has 0 fully saturated rings. The molecule has 0 radical (unpaired) electrons. The first-order chi connectivity index (χ1) is 11.2. The van der Waals surface area contributed by atoms with Crippen LogP contribution in [0.15, 0.2) is 66.7 Å².